The van der Waals surface area contributed by atoms with Crippen LogP contribution in [0.5, 0.6) is 0 Å². The number of rotatable bonds is 3. The molecule has 1 N–H and O–H groups in total. The molecule has 0 aromatic heterocycles. The topological polar surface area (TPSA) is 49.4 Å². The number of nitrogens with one attached hydrogen (secondary N) is 1. The number of hydrogen-bond donors (Lipinski definition) is 1. The first-order chi connectivity index (χ1) is 8.69. The van der Waals surface area contributed by atoms with Crippen molar-refractivity contribution in [2.24, 2.45) is 0 Å². The van der Waals surface area contributed by atoms with Crippen molar-refractivity contribution in [2.45, 2.75) is 0 Å². The molecule has 1 saturated heterocycles. The molecule has 0 radical (unpaired) electrons. The van der Waals surface area contributed by atoms with Crippen molar-refractivity contribution in [1.29, 1.82) is 0 Å². The first-order valence-electron chi connectivity index (χ1n) is 5.21. The Morgan fingerprint density at radius 2 is 1.72 bits per heavy atom. The van der Waals surface area contributed by atoms with Crippen molar-refractivity contribution in [3.63, 3.8) is 0 Å². The molecule has 2 amide bonds. The molecular weight excluding hydrogens is 268 g/mol. The second-order valence-electron chi connectivity index (χ2n) is 3.49. The second-order valence-corrected chi connectivity index (χ2v) is 5.38. The van der Waals surface area contributed by atoms with Gasteiger partial charge in [0.25, 0.3) is 11.8 Å². The van der Waals surface area contributed by atoms with E-state index in [1.54, 1.807) is 12.1 Å². The Labute approximate surface area is 114 Å². The summed E-state index contributed by atoms with van der Waals surface area (Å²) in [4.78, 5) is 24.1. The molecule has 1 aliphatic heterocycles. The summed E-state index contributed by atoms with van der Waals surface area (Å²) in [6.45, 7) is 0. The van der Waals surface area contributed by atoms with Crippen LogP contribution in [0.25, 0.3) is 0 Å². The predicted molar refractivity (Wildman–Crippen MR) is 76.1 cm³/mol. The maximum atomic E-state index is 12.2. The van der Waals surface area contributed by atoms with Crippen molar-refractivity contribution < 1.29 is 9.59 Å². The highest BCUT2D eigenvalue weighted by Crippen LogP contribution is 2.31. The van der Waals surface area contributed by atoms with Crippen LogP contribution in [0, 0.1) is 0 Å². The van der Waals surface area contributed by atoms with Crippen LogP contribution < -0.4 is 10.4 Å². The maximum absolute atomic E-state index is 12.2. The van der Waals surface area contributed by atoms with Crippen LogP contribution in [0.2, 0.25) is 0 Å². The van der Waals surface area contributed by atoms with Crippen LogP contribution in [0.1, 0.15) is 0 Å². The molecule has 2 rings (SSSR count). The van der Waals surface area contributed by atoms with E-state index in [-0.39, 0.29) is 17.4 Å². The van der Waals surface area contributed by atoms with Gasteiger partial charge in [0.2, 0.25) is 0 Å². The standard InChI is InChI=1S/C12H12N2O2S2/c1-17-12(18-2)9-10(15)13-14(11(9)16)8-6-4-3-5-7-8/h3-7H,1-2H3,(H,13,15). The van der Waals surface area contributed by atoms with Crippen LogP contribution in [-0.4, -0.2) is 24.3 Å². The lowest BCUT2D eigenvalue weighted by molar-refractivity contribution is -0.117. The van der Waals surface area contributed by atoms with Gasteiger partial charge in [-0.3, -0.25) is 15.0 Å². The molecule has 1 fully saturated rings. The average molecular weight is 280 g/mol. The van der Waals surface area contributed by atoms with Gasteiger partial charge in [-0.25, -0.2) is 5.01 Å². The predicted octanol–water partition coefficient (Wildman–Crippen LogP) is 2.00. The number of anilines is 1. The minimum Gasteiger partial charge on any atom is -0.267 e. The first-order valence-corrected chi connectivity index (χ1v) is 7.66. The van der Waals surface area contributed by atoms with Crippen molar-refractivity contribution in [3.05, 3.63) is 40.1 Å². The normalized spacial score (nSPS) is 15.0. The Balaban J connectivity index is 2.39. The molecule has 0 spiro atoms. The highest BCUT2D eigenvalue weighted by Gasteiger charge is 2.36. The lowest BCUT2D eigenvalue weighted by Crippen LogP contribution is -2.35. The Kier molecular flexibility index (Phi) is 3.98. The molecule has 1 aromatic rings. The lowest BCUT2D eigenvalue weighted by Gasteiger charge is -2.14. The number of thioether (sulfide) groups is 2. The minimum atomic E-state index is -0.345. The minimum absolute atomic E-state index is 0.221. The van der Waals surface area contributed by atoms with Crippen molar-refractivity contribution in [2.75, 3.05) is 17.5 Å². The second kappa shape index (κ2) is 5.49. The van der Waals surface area contributed by atoms with Crippen LogP contribution in [0.15, 0.2) is 40.1 Å². The lowest BCUT2D eigenvalue weighted by atomic mass is 10.2. The quantitative estimate of drug-likeness (QED) is 0.679. The van der Waals surface area contributed by atoms with Crippen molar-refractivity contribution in [1.82, 2.24) is 5.43 Å². The fourth-order valence-electron chi connectivity index (χ4n) is 1.64. The number of nitrogens with zero attached hydrogens (tertiary/aromatic N) is 1. The van der Waals surface area contributed by atoms with E-state index in [4.69, 9.17) is 0 Å². The maximum Gasteiger partial charge on any atom is 0.284 e. The van der Waals surface area contributed by atoms with Crippen LogP contribution in [-0.2, 0) is 9.59 Å². The summed E-state index contributed by atoms with van der Waals surface area (Å²) in [5.74, 6) is -0.646. The molecule has 0 aliphatic carbocycles. The number of para-hydroxylation sites is 1. The molecule has 1 aliphatic rings. The van der Waals surface area contributed by atoms with Gasteiger partial charge in [0.05, 0.1) is 9.92 Å². The number of carbonyl (C=O) groups excluding carboxylic acids is 2. The molecule has 6 heteroatoms. The van der Waals surface area contributed by atoms with Crippen molar-refractivity contribution >= 4 is 41.0 Å². The molecule has 0 atom stereocenters. The highest BCUT2D eigenvalue weighted by atomic mass is 32.2. The fraction of sp³-hybridized carbons (Fsp3) is 0.167. The van der Waals surface area contributed by atoms with E-state index in [1.165, 1.54) is 28.5 Å². The van der Waals surface area contributed by atoms with Gasteiger partial charge in [0.1, 0.15) is 5.57 Å². The zero-order chi connectivity index (χ0) is 13.1. The zero-order valence-electron chi connectivity index (χ0n) is 9.97. The van der Waals surface area contributed by atoms with Crippen LogP contribution in [0.4, 0.5) is 5.69 Å². The molecule has 4 nitrogen and oxygen atoms in total. The molecule has 0 unspecified atom stereocenters. The summed E-state index contributed by atoms with van der Waals surface area (Å²) < 4.78 is 0.732. The third-order valence-electron chi connectivity index (χ3n) is 2.45. The Morgan fingerprint density at radius 3 is 2.28 bits per heavy atom. The summed E-state index contributed by atoms with van der Waals surface area (Å²) in [5.41, 5.74) is 3.46. The summed E-state index contributed by atoms with van der Waals surface area (Å²) >= 11 is 2.81. The van der Waals surface area contributed by atoms with Crippen molar-refractivity contribution in [3.8, 4) is 0 Å². The van der Waals surface area contributed by atoms with Gasteiger partial charge in [-0.2, -0.15) is 0 Å². The summed E-state index contributed by atoms with van der Waals surface area (Å²) in [5, 5.41) is 1.28. The van der Waals surface area contributed by atoms with E-state index >= 15 is 0 Å². The number of hydrazine groups is 1. The van der Waals surface area contributed by atoms with Gasteiger partial charge in [0.15, 0.2) is 0 Å². The number of amides is 2. The van der Waals surface area contributed by atoms with E-state index in [2.05, 4.69) is 5.43 Å². The van der Waals surface area contributed by atoms with E-state index in [9.17, 15) is 9.59 Å². The largest absolute Gasteiger partial charge is 0.284 e. The van der Waals surface area contributed by atoms with Crippen LogP contribution in [0.3, 0.4) is 0 Å². The summed E-state index contributed by atoms with van der Waals surface area (Å²) in [7, 11) is 0. The smallest absolute Gasteiger partial charge is 0.267 e. The molecular formula is C12H12N2O2S2. The van der Waals surface area contributed by atoms with Gasteiger partial charge in [0, 0.05) is 0 Å². The Hall–Kier alpha value is -1.40. The fourth-order valence-corrected chi connectivity index (χ4v) is 3.08. The van der Waals surface area contributed by atoms with E-state index in [0.29, 0.717) is 5.69 Å². The molecule has 94 valence electrons. The number of benzene rings is 1. The van der Waals surface area contributed by atoms with Crippen LogP contribution >= 0.6 is 23.5 Å². The molecule has 18 heavy (non-hydrogen) atoms. The third-order valence-corrected chi connectivity index (χ3v) is 4.60. The summed E-state index contributed by atoms with van der Waals surface area (Å²) in [6, 6.07) is 9.05. The molecule has 0 bridgehead atoms. The number of hydrogen-bond acceptors (Lipinski definition) is 4. The SMILES string of the molecule is CSC(SC)=C1C(=O)NN(c2ccccc2)C1=O. The van der Waals surface area contributed by atoms with E-state index in [1.807, 2.05) is 30.7 Å². The van der Waals surface area contributed by atoms with Gasteiger partial charge in [-0.1, -0.05) is 18.2 Å². The summed E-state index contributed by atoms with van der Waals surface area (Å²) in [6.07, 6.45) is 3.70. The van der Waals surface area contributed by atoms with Gasteiger partial charge in [-0.05, 0) is 24.6 Å². The molecule has 1 aromatic carbocycles. The average Bonchev–Trinajstić information content (AvgIpc) is 2.69. The zero-order valence-corrected chi connectivity index (χ0v) is 11.6. The molecule has 1 heterocycles. The van der Waals surface area contributed by atoms with E-state index < -0.39 is 0 Å². The van der Waals surface area contributed by atoms with Gasteiger partial charge < -0.3 is 0 Å². The number of carbonyl (C=O) groups is 2. The molecule has 0 saturated carbocycles. The third kappa shape index (κ3) is 2.26. The Morgan fingerprint density at radius 1 is 1.11 bits per heavy atom. The highest BCUT2D eigenvalue weighted by molar-refractivity contribution is 8.21. The first kappa shape index (κ1) is 13.0. The van der Waals surface area contributed by atoms with Gasteiger partial charge >= 0.3 is 0 Å². The van der Waals surface area contributed by atoms with Gasteiger partial charge in [-0.15, -0.1) is 23.5 Å². The van der Waals surface area contributed by atoms with E-state index in [0.717, 1.165) is 4.24 Å². The Bertz CT molecular complexity index is 508. The monoisotopic (exact) mass is 280 g/mol.